The Balaban J connectivity index is 0.000000399. The van der Waals surface area contributed by atoms with Gasteiger partial charge >= 0.3 is 17.9 Å². The lowest BCUT2D eigenvalue weighted by Gasteiger charge is -2.56. The summed E-state index contributed by atoms with van der Waals surface area (Å²) in [4.78, 5) is 59.7. The predicted molar refractivity (Wildman–Crippen MR) is 383 cm³/mol. The van der Waals surface area contributed by atoms with Crippen LogP contribution >= 0.6 is 0 Å². The zero-order chi connectivity index (χ0) is 70.8. The number of benzene rings is 1. The van der Waals surface area contributed by atoms with E-state index in [1.54, 1.807) is 0 Å². The molecule has 0 saturated carbocycles. The summed E-state index contributed by atoms with van der Waals surface area (Å²) in [5.74, 6) is -0.197. The van der Waals surface area contributed by atoms with Crippen LogP contribution in [0, 0.1) is 11.3 Å². The highest BCUT2D eigenvalue weighted by Crippen LogP contribution is 2.51. The van der Waals surface area contributed by atoms with Gasteiger partial charge in [0.15, 0.2) is 0 Å². The number of nitrogens with zero attached hydrogens (tertiary/aromatic N) is 4. The van der Waals surface area contributed by atoms with Crippen LogP contribution in [-0.4, -0.2) is 145 Å². The summed E-state index contributed by atoms with van der Waals surface area (Å²) < 4.78 is 18.6. The minimum absolute atomic E-state index is 0.00335. The van der Waals surface area contributed by atoms with Crippen molar-refractivity contribution in [1.29, 1.82) is 0 Å². The van der Waals surface area contributed by atoms with E-state index in [1.165, 1.54) is 32.1 Å². The smallest absolute Gasteiger partial charge is 0.315 e. The number of unbranched alkanes of at least 4 members (excludes halogenated alkanes) is 11. The summed E-state index contributed by atoms with van der Waals surface area (Å²) in [6.45, 7) is 53.4. The molecule has 4 aliphatic heterocycles. The Labute approximate surface area is 570 Å². The van der Waals surface area contributed by atoms with Gasteiger partial charge in [-0.1, -0.05) is 138 Å². The molecule has 0 bridgehead atoms. The van der Waals surface area contributed by atoms with Crippen LogP contribution in [-0.2, 0) is 55.6 Å². The second-order valence-electron chi connectivity index (χ2n) is 36.8. The number of ether oxygens (including phenoxy) is 3. The van der Waals surface area contributed by atoms with E-state index in [1.807, 2.05) is 0 Å². The van der Waals surface area contributed by atoms with E-state index in [-0.39, 0.29) is 97.3 Å². The first-order valence-electron chi connectivity index (χ1n) is 37.0. The molecular weight excluding hydrogens is 1160 g/mol. The number of phenols is 1. The fourth-order valence-electron chi connectivity index (χ4n) is 17.1. The van der Waals surface area contributed by atoms with E-state index in [0.717, 1.165) is 132 Å². The number of carbonyl (C=O) groups excluding carboxylic acids is 3. The molecule has 4 heterocycles. The number of piperidine rings is 4. The summed E-state index contributed by atoms with van der Waals surface area (Å²) in [5, 5.41) is 24.9. The number of likely N-dealkylation sites (tertiary alicyclic amines) is 3. The van der Waals surface area contributed by atoms with Gasteiger partial charge in [0.05, 0.1) is 6.61 Å². The van der Waals surface area contributed by atoms with E-state index in [4.69, 9.17) is 23.9 Å². The Morgan fingerprint density at radius 1 is 0.484 bits per heavy atom. The third kappa shape index (κ3) is 22.6. The van der Waals surface area contributed by atoms with Crippen LogP contribution in [0.15, 0.2) is 12.1 Å². The maximum absolute atomic E-state index is 15.3. The largest absolute Gasteiger partial charge is 0.507 e. The van der Waals surface area contributed by atoms with Gasteiger partial charge in [-0.3, -0.25) is 39.2 Å². The number of hydrogen-bond acceptors (Lipinski definition) is 14. The number of phenolic OH excluding ortho intramolecular Hbond substituents is 1. The minimum Gasteiger partial charge on any atom is -0.507 e. The predicted octanol–water partition coefficient (Wildman–Crippen LogP) is 18.8. The average molecular weight is 1310 g/mol. The first kappa shape index (κ1) is 82.6. The maximum Gasteiger partial charge on any atom is 0.315 e. The molecule has 4 fully saturated rings. The fraction of sp³-hybridized carbons (Fsp3) is 0.886. The van der Waals surface area contributed by atoms with Crippen LogP contribution < -0.4 is 0 Å². The van der Waals surface area contributed by atoms with Gasteiger partial charge in [-0.2, -0.15) is 5.06 Å². The average Bonchev–Trinajstić information content (AvgIpc) is 0.779. The van der Waals surface area contributed by atoms with Gasteiger partial charge < -0.3 is 19.3 Å². The van der Waals surface area contributed by atoms with Gasteiger partial charge in [0.25, 0.3) is 0 Å². The van der Waals surface area contributed by atoms with Crippen molar-refractivity contribution in [3.8, 4) is 5.75 Å². The summed E-state index contributed by atoms with van der Waals surface area (Å²) in [5.41, 5.74) is -0.161. The Morgan fingerprint density at radius 2 is 0.817 bits per heavy atom. The van der Waals surface area contributed by atoms with Crippen molar-refractivity contribution >= 4 is 17.9 Å². The normalized spacial score (nSPS) is 23.1. The molecule has 14 heteroatoms. The molecule has 0 aliphatic carbocycles. The third-order valence-corrected chi connectivity index (χ3v) is 22.8. The third-order valence-electron chi connectivity index (χ3n) is 22.8. The second-order valence-corrected chi connectivity index (χ2v) is 36.8. The van der Waals surface area contributed by atoms with Crippen molar-refractivity contribution in [3.05, 3.63) is 28.8 Å². The quantitative estimate of drug-likeness (QED) is 0.0257. The van der Waals surface area contributed by atoms with Gasteiger partial charge in [0.1, 0.15) is 35.6 Å². The highest BCUT2D eigenvalue weighted by Gasteiger charge is 2.57. The lowest BCUT2D eigenvalue weighted by atomic mass is 9.62. The molecule has 4 aliphatic rings. The van der Waals surface area contributed by atoms with Gasteiger partial charge in [0.2, 0.25) is 0 Å². The van der Waals surface area contributed by atoms with Gasteiger partial charge in [-0.15, -0.1) is 0 Å². The Bertz CT molecular complexity index is 2410. The summed E-state index contributed by atoms with van der Waals surface area (Å²) >= 11 is 0. The molecule has 0 amide bonds. The molecule has 540 valence electrons. The molecule has 4 saturated heterocycles. The number of hydroxylamine groups is 2. The zero-order valence-corrected chi connectivity index (χ0v) is 65.1. The lowest BCUT2D eigenvalue weighted by molar-refractivity contribution is -0.324. The zero-order valence-electron chi connectivity index (χ0n) is 65.1. The first-order valence-corrected chi connectivity index (χ1v) is 37.0. The number of carbonyl (C=O) groups is 3. The molecule has 2 unspecified atom stereocenters. The van der Waals surface area contributed by atoms with E-state index in [2.05, 4.69) is 219 Å². The number of esters is 3. The Hall–Kier alpha value is -2.85. The molecule has 1 aromatic rings. The molecule has 2 atom stereocenters. The lowest BCUT2D eigenvalue weighted by Crippen LogP contribution is -2.63. The van der Waals surface area contributed by atoms with Crippen LogP contribution in [0.5, 0.6) is 5.75 Å². The van der Waals surface area contributed by atoms with Crippen LogP contribution in [0.4, 0.5) is 0 Å². The van der Waals surface area contributed by atoms with Crippen molar-refractivity contribution < 1.29 is 48.7 Å². The standard InChI is InChI=1S/C42H74N2O5.C37H70N2O5/c1-18-19-20-42(34(49-47)29-24-38(8,9)43(16)39(10,11)25-29,35(46)48-30-26-40(12,13)44(17)41(14,15)27-30)23-28-21-31(36(2,3)4)33(45)32(22-28)37(5,6)7;1-11-12-13-14-19-22-25-42-39-36(6,7)28-31(29-37(39,8)9)44-33(41)24-21-18-16-15-17-20-23-32(40)43-30-26-34(2,3)38(10)35(4,5)27-30/h21-22,29-30,34,45,47H,18-20,23-27H2,1-17H3;30-31H,11-29H2,1-10H3. The van der Waals surface area contributed by atoms with Gasteiger partial charge in [0, 0.05) is 95.7 Å². The van der Waals surface area contributed by atoms with Crippen LogP contribution in [0.1, 0.15) is 343 Å². The van der Waals surface area contributed by atoms with E-state index < -0.39 is 11.5 Å². The summed E-state index contributed by atoms with van der Waals surface area (Å²) in [7, 11) is 6.50. The SMILES string of the molecule is CCCCC(Cc1cc(C(C)(C)C)c(O)c(C(C)(C)C)c1)(C(=O)OC1CC(C)(C)N(C)C(C)(C)C1)C(OO)C1CC(C)(C)N(C)C(C)(C)C1.CCCCCCCCON1C(C)(C)CC(OC(=O)CCCCCCCCC(=O)OC2CC(C)(C)N(C)C(C)(C)C2)CC1(C)C. The molecule has 5 rings (SSSR count). The number of hydrogen-bond donors (Lipinski definition) is 2. The van der Waals surface area contributed by atoms with Crippen LogP contribution in [0.2, 0.25) is 0 Å². The van der Waals surface area contributed by atoms with Crippen LogP contribution in [0.3, 0.4) is 0 Å². The van der Waals surface area contributed by atoms with Gasteiger partial charge in [-0.05, 0) is 210 Å². The van der Waals surface area contributed by atoms with Crippen molar-refractivity contribution in [2.75, 3.05) is 27.7 Å². The number of aromatic hydroxyl groups is 1. The first-order chi connectivity index (χ1) is 42.6. The second kappa shape index (κ2) is 32.9. The summed E-state index contributed by atoms with van der Waals surface area (Å²) in [6.07, 6.45) is 22.1. The molecule has 93 heavy (non-hydrogen) atoms. The van der Waals surface area contributed by atoms with E-state index >= 15 is 4.79 Å². The van der Waals surface area contributed by atoms with Gasteiger partial charge in [-0.25, -0.2) is 4.89 Å². The molecule has 0 spiro atoms. The fourth-order valence-corrected chi connectivity index (χ4v) is 17.1. The highest BCUT2D eigenvalue weighted by atomic mass is 17.1. The van der Waals surface area contributed by atoms with Crippen molar-refractivity contribution in [2.24, 2.45) is 11.3 Å². The molecular formula is C79H144N4O10. The van der Waals surface area contributed by atoms with Crippen molar-refractivity contribution in [1.82, 2.24) is 19.8 Å². The molecule has 14 nitrogen and oxygen atoms in total. The topological polar surface area (TPSA) is 151 Å². The Kier molecular flexibility index (Phi) is 29.2. The molecule has 0 aromatic heterocycles. The molecule has 1 aromatic carbocycles. The molecule has 2 N–H and O–H groups in total. The van der Waals surface area contributed by atoms with Crippen LogP contribution in [0.25, 0.3) is 0 Å². The van der Waals surface area contributed by atoms with Crippen molar-refractivity contribution in [2.45, 2.75) is 413 Å². The number of rotatable bonds is 29. The Morgan fingerprint density at radius 3 is 1.18 bits per heavy atom. The maximum atomic E-state index is 15.3. The monoisotopic (exact) mass is 1310 g/mol. The van der Waals surface area contributed by atoms with E-state index in [0.29, 0.717) is 31.4 Å². The minimum atomic E-state index is -1.16. The van der Waals surface area contributed by atoms with E-state index in [9.17, 15) is 20.0 Å². The molecule has 0 radical (unpaired) electrons. The van der Waals surface area contributed by atoms with Crippen molar-refractivity contribution in [3.63, 3.8) is 0 Å². The highest BCUT2D eigenvalue weighted by molar-refractivity contribution is 5.79. The summed E-state index contributed by atoms with van der Waals surface area (Å²) in [6, 6.07) is 4.16.